The van der Waals surface area contributed by atoms with Gasteiger partial charge in [0, 0.05) is 44.0 Å². The second-order valence-corrected chi connectivity index (χ2v) is 13.1. The fraction of sp³-hybridized carbons (Fsp3) is 0.111. The third-order valence-electron chi connectivity index (χ3n) is 9.67. The maximum Gasteiger partial charge on any atom is 0.239 e. The van der Waals surface area contributed by atoms with Crippen LogP contribution in [0, 0.1) is 46.8 Å². The van der Waals surface area contributed by atoms with E-state index in [4.69, 9.17) is 14.5 Å². The first-order valence-corrected chi connectivity index (χ1v) is 16.9. The number of rotatable bonds is 3. The molecule has 4 heterocycles. The van der Waals surface area contributed by atoms with Gasteiger partial charge < -0.3 is 19.4 Å². The zero-order valence-corrected chi connectivity index (χ0v) is 31.6. The first-order chi connectivity index (χ1) is 24.4. The summed E-state index contributed by atoms with van der Waals surface area (Å²) >= 11 is 0. The third kappa shape index (κ3) is 6.42. The van der Waals surface area contributed by atoms with Crippen LogP contribution in [-0.2, 0) is 20.1 Å². The average Bonchev–Trinajstić information content (AvgIpc) is 3.14. The summed E-state index contributed by atoms with van der Waals surface area (Å²) in [6.07, 6.45) is 3.86. The van der Waals surface area contributed by atoms with Gasteiger partial charge in [0.2, 0.25) is 6.71 Å². The van der Waals surface area contributed by atoms with Gasteiger partial charge in [-0.15, -0.1) is 47.5 Å². The van der Waals surface area contributed by atoms with Gasteiger partial charge in [-0.2, -0.15) is 0 Å². The molecule has 6 heteroatoms. The summed E-state index contributed by atoms with van der Waals surface area (Å²) in [5, 5.41) is 0. The van der Waals surface area contributed by atoms with Gasteiger partial charge in [0.15, 0.2) is 0 Å². The topological polar surface area (TPSA) is 44.2 Å². The first kappa shape index (κ1) is 34.2. The SMILES string of the molecule is Cc1c[c-]c(-c2cc(C)c(C)cn2)cc1.Cc1cccc(C)c1-c1ccc(-c2[c-]cc3c4c2Oc2ccccc2B4c2ccccc2O3)nc1.[Ir]. The average molecular weight is 839 g/mol. The zero-order valence-electron chi connectivity index (χ0n) is 29.2. The summed E-state index contributed by atoms with van der Waals surface area (Å²) in [4.78, 5) is 9.27. The van der Waals surface area contributed by atoms with Crippen LogP contribution in [0.15, 0.2) is 122 Å². The van der Waals surface area contributed by atoms with E-state index in [9.17, 15) is 0 Å². The molecule has 1 radical (unpaired) electrons. The minimum Gasteiger partial charge on any atom is -0.503 e. The van der Waals surface area contributed by atoms with Crippen molar-refractivity contribution < 1.29 is 29.6 Å². The second-order valence-electron chi connectivity index (χ2n) is 13.1. The molecule has 2 aromatic heterocycles. The summed E-state index contributed by atoms with van der Waals surface area (Å²) in [5.74, 6) is 3.30. The Balaban J connectivity index is 0.000000214. The Morgan fingerprint density at radius 2 is 1.25 bits per heavy atom. The van der Waals surface area contributed by atoms with Gasteiger partial charge in [-0.05, 0) is 90.0 Å². The van der Waals surface area contributed by atoms with Crippen molar-refractivity contribution >= 4 is 23.1 Å². The molecule has 0 N–H and O–H groups in total. The molecule has 7 aromatic rings. The van der Waals surface area contributed by atoms with Crippen LogP contribution < -0.4 is 25.9 Å². The van der Waals surface area contributed by atoms with Crippen molar-refractivity contribution in [1.29, 1.82) is 0 Å². The Bertz CT molecular complexity index is 2360. The molecule has 0 bridgehead atoms. The Hall–Kier alpha value is -5.29. The van der Waals surface area contributed by atoms with Crippen molar-refractivity contribution in [3.8, 4) is 56.6 Å². The van der Waals surface area contributed by atoms with Crippen molar-refractivity contribution in [2.24, 2.45) is 0 Å². The van der Waals surface area contributed by atoms with Crippen molar-refractivity contribution in [1.82, 2.24) is 9.97 Å². The van der Waals surface area contributed by atoms with E-state index >= 15 is 0 Å². The van der Waals surface area contributed by atoms with Crippen LogP contribution in [0.3, 0.4) is 0 Å². The van der Waals surface area contributed by atoms with Gasteiger partial charge in [-0.25, -0.2) is 0 Å². The van der Waals surface area contributed by atoms with E-state index in [1.807, 2.05) is 48.8 Å². The summed E-state index contributed by atoms with van der Waals surface area (Å²) < 4.78 is 12.8. The Morgan fingerprint density at radius 3 is 1.90 bits per heavy atom. The molecule has 0 spiro atoms. The number of nitrogens with zero attached hydrogens (tertiary/aromatic N) is 2. The van der Waals surface area contributed by atoms with Crippen LogP contribution in [0.2, 0.25) is 0 Å². The van der Waals surface area contributed by atoms with Crippen molar-refractivity contribution in [3.63, 3.8) is 0 Å². The Kier molecular flexibility index (Phi) is 9.48. The quantitative estimate of drug-likeness (QED) is 0.132. The minimum absolute atomic E-state index is 0. The summed E-state index contributed by atoms with van der Waals surface area (Å²) in [5.41, 5.74) is 15.6. The molecule has 4 nitrogen and oxygen atoms in total. The van der Waals surface area contributed by atoms with E-state index in [0.29, 0.717) is 0 Å². The van der Waals surface area contributed by atoms with Crippen LogP contribution in [0.5, 0.6) is 23.0 Å². The number of aryl methyl sites for hydroxylation is 5. The van der Waals surface area contributed by atoms with Crippen LogP contribution in [0.1, 0.15) is 27.8 Å². The molecule has 0 fully saturated rings. The molecule has 51 heavy (non-hydrogen) atoms. The third-order valence-corrected chi connectivity index (χ3v) is 9.67. The van der Waals surface area contributed by atoms with E-state index in [0.717, 1.165) is 67.5 Å². The van der Waals surface area contributed by atoms with Crippen LogP contribution in [0.25, 0.3) is 33.6 Å². The predicted octanol–water partition coefficient (Wildman–Crippen LogP) is 9.03. The van der Waals surface area contributed by atoms with Gasteiger partial charge in [-0.1, -0.05) is 96.3 Å². The molecule has 2 aliphatic heterocycles. The number of benzene rings is 5. The standard InChI is InChI=1S/C31H21BNO2.C14H14N.Ir/c1-19-8-7-9-20(2)29(19)21-14-16-25(33-18-21)22-15-17-28-30-31(22)35-27-13-6-4-11-24(27)32(30)23-10-3-5-12-26(23)34-28;1-10-4-6-13(7-5-10)14-8-11(2)12(3)9-15-14;/h3-14,16-18H,1-2H3;4-6,8-9H,1-3H3;/q2*-1;. The maximum atomic E-state index is 6.53. The van der Waals surface area contributed by atoms with Crippen LogP contribution >= 0.6 is 0 Å². The van der Waals surface area contributed by atoms with E-state index < -0.39 is 0 Å². The molecule has 0 saturated carbocycles. The summed E-state index contributed by atoms with van der Waals surface area (Å²) in [6, 6.07) is 43.9. The summed E-state index contributed by atoms with van der Waals surface area (Å²) in [6.45, 7) is 10.6. The largest absolute Gasteiger partial charge is 0.503 e. The predicted molar refractivity (Wildman–Crippen MR) is 204 cm³/mol. The Morgan fingerprint density at radius 1 is 0.569 bits per heavy atom. The first-order valence-electron chi connectivity index (χ1n) is 16.9. The van der Waals surface area contributed by atoms with Gasteiger partial charge >= 0.3 is 0 Å². The van der Waals surface area contributed by atoms with Gasteiger partial charge in [0.05, 0.1) is 0 Å². The van der Waals surface area contributed by atoms with Gasteiger partial charge in [-0.3, -0.25) is 0 Å². The monoisotopic (exact) mass is 839 g/mol. The molecule has 5 aromatic carbocycles. The molecular formula is C45H35BIrN2O2-2. The zero-order chi connectivity index (χ0) is 34.4. The number of hydrogen-bond acceptors (Lipinski definition) is 4. The molecule has 2 aliphatic rings. The van der Waals surface area contributed by atoms with Crippen molar-refractivity contribution in [3.05, 3.63) is 162 Å². The number of fused-ring (bicyclic) bond motifs is 4. The van der Waals surface area contributed by atoms with Crippen LogP contribution in [-0.4, -0.2) is 16.7 Å². The molecule has 0 aliphatic carbocycles. The number of ether oxygens (including phenoxy) is 2. The molecule has 251 valence electrons. The van der Waals surface area contributed by atoms with Crippen molar-refractivity contribution in [2.45, 2.75) is 34.6 Å². The Labute approximate surface area is 314 Å². The van der Waals surface area contributed by atoms with Gasteiger partial charge in [0.25, 0.3) is 0 Å². The molecule has 0 unspecified atom stereocenters. The van der Waals surface area contributed by atoms with E-state index in [2.05, 4.69) is 125 Å². The normalized spacial score (nSPS) is 11.7. The number of hydrogen-bond donors (Lipinski definition) is 0. The fourth-order valence-corrected chi connectivity index (χ4v) is 6.91. The molecular weight excluding hydrogens is 804 g/mol. The number of aromatic nitrogens is 2. The molecule has 0 amide bonds. The fourth-order valence-electron chi connectivity index (χ4n) is 6.91. The number of para-hydroxylation sites is 2. The maximum absolute atomic E-state index is 6.53. The van der Waals surface area contributed by atoms with Gasteiger partial charge in [0.1, 0.15) is 11.5 Å². The molecule has 0 saturated heterocycles. The summed E-state index contributed by atoms with van der Waals surface area (Å²) in [7, 11) is 0. The molecule has 9 rings (SSSR count). The van der Waals surface area contributed by atoms with Crippen LogP contribution in [0.4, 0.5) is 0 Å². The molecule has 0 atom stereocenters. The minimum atomic E-state index is 0. The van der Waals surface area contributed by atoms with Crippen molar-refractivity contribution in [2.75, 3.05) is 0 Å². The van der Waals surface area contributed by atoms with E-state index in [1.165, 1.54) is 33.4 Å². The van der Waals surface area contributed by atoms with E-state index in [-0.39, 0.29) is 26.8 Å². The second kappa shape index (κ2) is 14.1. The van der Waals surface area contributed by atoms with E-state index in [1.54, 1.807) is 0 Å². The smallest absolute Gasteiger partial charge is 0.239 e. The number of pyridine rings is 2.